The van der Waals surface area contributed by atoms with Crippen LogP contribution in [0.4, 0.5) is 10.3 Å². The zero-order valence-corrected chi connectivity index (χ0v) is 19.0. The molecule has 9 heteroatoms. The smallest absolute Gasteiger partial charge is 0.238 e. The molecular formula is C24H32FN5O3. The highest BCUT2D eigenvalue weighted by atomic mass is 19.1. The fourth-order valence-electron chi connectivity index (χ4n) is 4.77. The Balaban J connectivity index is 1.16. The second-order valence-electron chi connectivity index (χ2n) is 8.94. The minimum absolute atomic E-state index is 0.0869. The van der Waals surface area contributed by atoms with Crippen LogP contribution in [-0.4, -0.2) is 42.7 Å². The highest BCUT2D eigenvalue weighted by molar-refractivity contribution is 5.77. The minimum atomic E-state index is -0.454. The van der Waals surface area contributed by atoms with E-state index in [-0.39, 0.29) is 6.42 Å². The average Bonchev–Trinajstić information content (AvgIpc) is 3.61. The van der Waals surface area contributed by atoms with Crippen molar-refractivity contribution in [3.05, 3.63) is 47.5 Å². The number of methoxy groups -OCH3 is 1. The van der Waals surface area contributed by atoms with Crippen molar-refractivity contribution in [2.45, 2.75) is 38.7 Å². The van der Waals surface area contributed by atoms with Crippen LogP contribution in [-0.2, 0) is 22.6 Å². The summed E-state index contributed by atoms with van der Waals surface area (Å²) in [7, 11) is 1.67. The van der Waals surface area contributed by atoms with E-state index in [0.29, 0.717) is 30.4 Å². The number of hydrazine groups is 1. The lowest BCUT2D eigenvalue weighted by atomic mass is 9.90. The molecule has 2 aromatic rings. The van der Waals surface area contributed by atoms with Gasteiger partial charge in [-0.15, -0.1) is 0 Å². The first-order valence-corrected chi connectivity index (χ1v) is 11.5. The maximum absolute atomic E-state index is 14.1. The number of halogens is 1. The van der Waals surface area contributed by atoms with Gasteiger partial charge in [-0.3, -0.25) is 10.2 Å². The predicted molar refractivity (Wildman–Crippen MR) is 122 cm³/mol. The van der Waals surface area contributed by atoms with Crippen molar-refractivity contribution in [3.63, 3.8) is 0 Å². The summed E-state index contributed by atoms with van der Waals surface area (Å²) in [5.74, 6) is 7.65. The monoisotopic (exact) mass is 457 g/mol. The van der Waals surface area contributed by atoms with Gasteiger partial charge in [-0.05, 0) is 55.1 Å². The number of aromatic nitrogens is 2. The number of nitrogens with two attached hydrogens (primary N) is 1. The molecule has 8 nitrogen and oxygen atoms in total. The predicted octanol–water partition coefficient (Wildman–Crippen LogP) is 2.62. The van der Waals surface area contributed by atoms with Crippen LogP contribution >= 0.6 is 0 Å². The van der Waals surface area contributed by atoms with Crippen molar-refractivity contribution in [1.29, 1.82) is 0 Å². The van der Waals surface area contributed by atoms with E-state index in [1.54, 1.807) is 19.2 Å². The standard InChI is InChI=1S/C24H32FN5O3/c1-32-15-16-13-27-24(28-14-16)30-7-4-17(5-8-30)21-10-18(21)6-9-33-20-3-2-19(22(25)12-20)11-23(31)29-26/h2-3,12-14,17-18,21H,4-11,15,26H2,1H3,(H,29,31). The van der Waals surface area contributed by atoms with E-state index in [1.807, 2.05) is 17.8 Å². The number of anilines is 1. The average molecular weight is 458 g/mol. The third-order valence-corrected chi connectivity index (χ3v) is 6.70. The molecule has 1 aliphatic carbocycles. The molecule has 0 spiro atoms. The summed E-state index contributed by atoms with van der Waals surface area (Å²) in [6.45, 7) is 3.08. The number of piperidine rings is 1. The number of amides is 1. The molecule has 2 fully saturated rings. The Morgan fingerprint density at radius 1 is 1.27 bits per heavy atom. The van der Waals surface area contributed by atoms with Gasteiger partial charge in [0.25, 0.3) is 0 Å². The molecule has 2 atom stereocenters. The summed E-state index contributed by atoms with van der Waals surface area (Å²) in [5, 5.41) is 0. The van der Waals surface area contributed by atoms with Crippen LogP contribution in [0, 0.1) is 23.6 Å². The molecule has 2 aliphatic rings. The van der Waals surface area contributed by atoms with E-state index >= 15 is 0 Å². The van der Waals surface area contributed by atoms with E-state index in [4.69, 9.17) is 15.3 Å². The molecule has 1 aliphatic heterocycles. The van der Waals surface area contributed by atoms with Gasteiger partial charge in [0.1, 0.15) is 11.6 Å². The van der Waals surface area contributed by atoms with Crippen LogP contribution in [0.5, 0.6) is 5.75 Å². The van der Waals surface area contributed by atoms with Crippen molar-refractivity contribution >= 4 is 11.9 Å². The van der Waals surface area contributed by atoms with Gasteiger partial charge in [-0.2, -0.15) is 0 Å². The first-order chi connectivity index (χ1) is 16.1. The van der Waals surface area contributed by atoms with Gasteiger partial charge < -0.3 is 14.4 Å². The normalized spacial score (nSPS) is 20.5. The van der Waals surface area contributed by atoms with Crippen molar-refractivity contribution < 1.29 is 18.7 Å². The number of hydrogen-bond donors (Lipinski definition) is 2. The summed E-state index contributed by atoms with van der Waals surface area (Å²) in [4.78, 5) is 22.6. The fraction of sp³-hybridized carbons (Fsp3) is 0.542. The fourth-order valence-corrected chi connectivity index (χ4v) is 4.77. The molecule has 178 valence electrons. The Bertz CT molecular complexity index is 934. The number of carbonyl (C=O) groups excluding carboxylic acids is 1. The molecule has 33 heavy (non-hydrogen) atoms. The number of nitrogens with one attached hydrogen (secondary N) is 1. The molecule has 1 aromatic heterocycles. The quantitative estimate of drug-likeness (QED) is 0.321. The second kappa shape index (κ2) is 10.9. The molecule has 0 bridgehead atoms. The van der Waals surface area contributed by atoms with Crippen molar-refractivity contribution in [2.24, 2.45) is 23.6 Å². The Morgan fingerprint density at radius 3 is 2.70 bits per heavy atom. The van der Waals surface area contributed by atoms with Crippen LogP contribution in [0.15, 0.2) is 30.6 Å². The first-order valence-electron chi connectivity index (χ1n) is 11.5. The van der Waals surface area contributed by atoms with Gasteiger partial charge in [0.2, 0.25) is 11.9 Å². The zero-order valence-electron chi connectivity index (χ0n) is 19.0. The summed E-state index contributed by atoms with van der Waals surface area (Å²) in [6, 6.07) is 4.61. The van der Waals surface area contributed by atoms with Gasteiger partial charge >= 0.3 is 0 Å². The molecule has 4 rings (SSSR count). The highest BCUT2D eigenvalue weighted by Gasteiger charge is 2.43. The van der Waals surface area contributed by atoms with E-state index < -0.39 is 11.7 Å². The number of nitrogens with zero attached hydrogens (tertiary/aromatic N) is 3. The summed E-state index contributed by atoms with van der Waals surface area (Å²) < 4.78 is 25.0. The molecule has 0 radical (unpaired) electrons. The van der Waals surface area contributed by atoms with Gasteiger partial charge in [-0.25, -0.2) is 20.2 Å². The van der Waals surface area contributed by atoms with E-state index in [0.717, 1.165) is 55.7 Å². The minimum Gasteiger partial charge on any atom is -0.493 e. The number of rotatable bonds is 10. The van der Waals surface area contributed by atoms with E-state index in [9.17, 15) is 9.18 Å². The van der Waals surface area contributed by atoms with Crippen molar-refractivity contribution in [3.8, 4) is 5.75 Å². The molecule has 1 saturated heterocycles. The Morgan fingerprint density at radius 2 is 2.03 bits per heavy atom. The second-order valence-corrected chi connectivity index (χ2v) is 8.94. The van der Waals surface area contributed by atoms with Crippen LogP contribution in [0.3, 0.4) is 0 Å². The van der Waals surface area contributed by atoms with Crippen LogP contribution < -0.4 is 20.9 Å². The molecule has 1 amide bonds. The van der Waals surface area contributed by atoms with Crippen LogP contribution in [0.1, 0.15) is 36.8 Å². The number of benzene rings is 1. The maximum atomic E-state index is 14.1. The molecule has 2 heterocycles. The molecular weight excluding hydrogens is 425 g/mol. The molecule has 1 aromatic carbocycles. The third kappa shape index (κ3) is 6.17. The Kier molecular flexibility index (Phi) is 7.72. The largest absolute Gasteiger partial charge is 0.493 e. The van der Waals surface area contributed by atoms with Crippen molar-refractivity contribution in [2.75, 3.05) is 31.7 Å². The number of carbonyl (C=O) groups is 1. The van der Waals surface area contributed by atoms with Gasteiger partial charge in [-0.1, -0.05) is 6.07 Å². The van der Waals surface area contributed by atoms with E-state index in [2.05, 4.69) is 14.9 Å². The number of hydrogen-bond acceptors (Lipinski definition) is 7. The summed E-state index contributed by atoms with van der Waals surface area (Å²) >= 11 is 0. The summed E-state index contributed by atoms with van der Waals surface area (Å²) in [5.41, 5.74) is 3.29. The van der Waals surface area contributed by atoms with Gasteiger partial charge in [0, 0.05) is 44.2 Å². The Hall–Kier alpha value is -2.78. The molecule has 2 unspecified atom stereocenters. The lowest BCUT2D eigenvalue weighted by molar-refractivity contribution is -0.120. The molecule has 3 N–H and O–H groups in total. The highest BCUT2D eigenvalue weighted by Crippen LogP contribution is 2.49. The third-order valence-electron chi connectivity index (χ3n) is 6.70. The topological polar surface area (TPSA) is 103 Å². The van der Waals surface area contributed by atoms with Gasteiger partial charge in [0.15, 0.2) is 0 Å². The lowest BCUT2D eigenvalue weighted by Crippen LogP contribution is -2.35. The molecule has 1 saturated carbocycles. The van der Waals surface area contributed by atoms with Crippen LogP contribution in [0.2, 0.25) is 0 Å². The lowest BCUT2D eigenvalue weighted by Gasteiger charge is -2.32. The van der Waals surface area contributed by atoms with Crippen LogP contribution in [0.25, 0.3) is 0 Å². The SMILES string of the molecule is COCc1cnc(N2CCC(C3CC3CCOc3ccc(CC(=O)NN)c(F)c3)CC2)nc1. The maximum Gasteiger partial charge on any atom is 0.238 e. The van der Waals surface area contributed by atoms with Gasteiger partial charge in [0.05, 0.1) is 19.6 Å². The first kappa shape index (κ1) is 23.4. The Labute approximate surface area is 193 Å². The zero-order chi connectivity index (χ0) is 23.2. The number of ether oxygens (including phenoxy) is 2. The van der Waals surface area contributed by atoms with E-state index in [1.165, 1.54) is 12.5 Å². The summed E-state index contributed by atoms with van der Waals surface area (Å²) in [6.07, 6.45) is 8.14. The van der Waals surface area contributed by atoms with Crippen molar-refractivity contribution in [1.82, 2.24) is 15.4 Å².